The Morgan fingerprint density at radius 3 is 2.28 bits per heavy atom. The van der Waals surface area contributed by atoms with E-state index >= 15 is 0 Å². The van der Waals surface area contributed by atoms with Gasteiger partial charge in [0.15, 0.2) is 0 Å². The number of alkyl halides is 3. The van der Waals surface area contributed by atoms with Crippen molar-refractivity contribution in [2.75, 3.05) is 4.72 Å². The number of sulfonamides is 1. The molecular weight excluding hydrogens is 431 g/mol. The van der Waals surface area contributed by atoms with Gasteiger partial charge in [-0.2, -0.15) is 13.2 Å². The van der Waals surface area contributed by atoms with Crippen LogP contribution in [0.4, 0.5) is 18.9 Å². The molecule has 0 aliphatic carbocycles. The molecule has 11 heteroatoms. The Bertz CT molecular complexity index is 1230. The Balaban J connectivity index is 2.14. The van der Waals surface area contributed by atoms with Crippen LogP contribution in [0.15, 0.2) is 58.2 Å². The topological polar surface area (TPSA) is 73.1 Å². The minimum absolute atomic E-state index is 0.227. The summed E-state index contributed by atoms with van der Waals surface area (Å²) >= 11 is 5.60. The zero-order valence-corrected chi connectivity index (χ0v) is 16.7. The fourth-order valence-electron chi connectivity index (χ4n) is 2.83. The van der Waals surface area contributed by atoms with Gasteiger partial charge in [0.1, 0.15) is 5.69 Å². The number of para-hydroxylation sites is 1. The predicted molar refractivity (Wildman–Crippen MR) is 103 cm³/mol. The number of nitrogens with zero attached hydrogens (tertiary/aromatic N) is 2. The Labute approximate surface area is 169 Å². The minimum Gasteiger partial charge on any atom is -0.283 e. The van der Waals surface area contributed by atoms with E-state index in [2.05, 4.69) is 0 Å². The van der Waals surface area contributed by atoms with Gasteiger partial charge in [-0.15, -0.1) is 0 Å². The molecule has 3 aromatic rings. The second kappa shape index (κ2) is 7.27. The summed E-state index contributed by atoms with van der Waals surface area (Å²) in [5, 5.41) is -0.265. The van der Waals surface area contributed by atoms with Gasteiger partial charge in [-0.1, -0.05) is 29.8 Å². The summed E-state index contributed by atoms with van der Waals surface area (Å²) < 4.78 is 70.1. The van der Waals surface area contributed by atoms with Crippen molar-refractivity contribution in [2.24, 2.45) is 7.05 Å². The number of benzene rings is 2. The summed E-state index contributed by atoms with van der Waals surface area (Å²) in [6.45, 7) is 1.48. The summed E-state index contributed by atoms with van der Waals surface area (Å²) in [7, 11) is -3.20. The van der Waals surface area contributed by atoms with E-state index in [0.29, 0.717) is 11.8 Å². The summed E-state index contributed by atoms with van der Waals surface area (Å²) in [4.78, 5) is 11.8. The highest BCUT2D eigenvalue weighted by atomic mass is 35.5. The fourth-order valence-corrected chi connectivity index (χ4v) is 4.33. The quantitative estimate of drug-likeness (QED) is 0.660. The van der Waals surface area contributed by atoms with E-state index in [9.17, 15) is 26.4 Å². The van der Waals surface area contributed by atoms with Gasteiger partial charge in [-0.25, -0.2) is 13.1 Å². The van der Waals surface area contributed by atoms with Crippen LogP contribution >= 0.6 is 11.6 Å². The van der Waals surface area contributed by atoms with Gasteiger partial charge in [0, 0.05) is 12.1 Å². The maximum absolute atomic E-state index is 13.3. The first kappa shape index (κ1) is 21.0. The van der Waals surface area contributed by atoms with E-state index in [1.165, 1.54) is 23.3 Å². The van der Waals surface area contributed by atoms with Crippen molar-refractivity contribution in [3.63, 3.8) is 0 Å². The van der Waals surface area contributed by atoms with Crippen LogP contribution in [-0.4, -0.2) is 17.8 Å². The first-order valence-corrected chi connectivity index (χ1v) is 10.0. The van der Waals surface area contributed by atoms with E-state index < -0.39 is 32.2 Å². The SMILES string of the molecule is Cc1c(NS(=O)(=O)c2ccc(Cl)cc2C(F)(F)F)c(=O)n(-c2ccccc2)n1C. The maximum Gasteiger partial charge on any atom is 0.417 e. The third-order valence-electron chi connectivity index (χ3n) is 4.33. The number of hydrogen-bond acceptors (Lipinski definition) is 3. The molecule has 0 aliphatic rings. The molecule has 0 fully saturated rings. The third-order valence-corrected chi connectivity index (χ3v) is 5.97. The normalized spacial score (nSPS) is 12.2. The van der Waals surface area contributed by atoms with Crippen LogP contribution in [-0.2, 0) is 23.2 Å². The molecule has 0 aliphatic heterocycles. The lowest BCUT2D eigenvalue weighted by Gasteiger charge is -2.14. The largest absolute Gasteiger partial charge is 0.417 e. The number of anilines is 1. The predicted octanol–water partition coefficient (Wildman–Crippen LogP) is 3.96. The number of aromatic nitrogens is 2. The van der Waals surface area contributed by atoms with Gasteiger partial charge < -0.3 is 0 Å². The van der Waals surface area contributed by atoms with Gasteiger partial charge in [0.2, 0.25) is 0 Å². The van der Waals surface area contributed by atoms with Crippen molar-refractivity contribution >= 4 is 27.3 Å². The lowest BCUT2D eigenvalue weighted by atomic mass is 10.2. The molecule has 0 radical (unpaired) electrons. The molecule has 0 bridgehead atoms. The molecule has 29 heavy (non-hydrogen) atoms. The van der Waals surface area contributed by atoms with E-state index in [-0.39, 0.29) is 16.4 Å². The molecule has 0 unspecified atom stereocenters. The first-order chi connectivity index (χ1) is 13.4. The van der Waals surface area contributed by atoms with Crippen LogP contribution in [0.1, 0.15) is 11.3 Å². The van der Waals surface area contributed by atoms with Crippen LogP contribution in [0.3, 0.4) is 0 Å². The molecular formula is C18H15ClF3N3O3S. The second-order valence-corrected chi connectivity index (χ2v) is 8.27. The van der Waals surface area contributed by atoms with Crippen LogP contribution in [0.25, 0.3) is 5.69 Å². The molecule has 1 aromatic heterocycles. The van der Waals surface area contributed by atoms with Crippen LogP contribution in [0.5, 0.6) is 0 Å². The van der Waals surface area contributed by atoms with E-state index in [1.54, 1.807) is 30.3 Å². The Morgan fingerprint density at radius 2 is 1.69 bits per heavy atom. The van der Waals surface area contributed by atoms with Gasteiger partial charge in [0.25, 0.3) is 15.6 Å². The molecule has 0 amide bonds. The number of halogens is 4. The molecule has 0 spiro atoms. The van der Waals surface area contributed by atoms with Crippen molar-refractivity contribution in [3.05, 3.63) is 75.2 Å². The molecule has 0 saturated heterocycles. The van der Waals surface area contributed by atoms with Gasteiger partial charge in [-0.05, 0) is 37.3 Å². The van der Waals surface area contributed by atoms with E-state index in [1.807, 2.05) is 4.72 Å². The molecule has 1 N–H and O–H groups in total. The highest BCUT2D eigenvalue weighted by Crippen LogP contribution is 2.36. The highest BCUT2D eigenvalue weighted by Gasteiger charge is 2.38. The average Bonchev–Trinajstić information content (AvgIpc) is 2.84. The van der Waals surface area contributed by atoms with E-state index in [0.717, 1.165) is 12.1 Å². The zero-order chi connectivity index (χ0) is 21.6. The summed E-state index contributed by atoms with van der Waals surface area (Å²) in [6.07, 6.45) is -4.95. The van der Waals surface area contributed by atoms with Gasteiger partial charge in [0.05, 0.1) is 21.8 Å². The summed E-state index contributed by atoms with van der Waals surface area (Å²) in [6, 6.07) is 10.7. The van der Waals surface area contributed by atoms with Gasteiger partial charge in [-0.3, -0.25) is 14.2 Å². The second-order valence-electron chi connectivity index (χ2n) is 6.18. The number of rotatable bonds is 4. The lowest BCUT2D eigenvalue weighted by molar-refractivity contribution is -0.139. The molecule has 3 rings (SSSR count). The third kappa shape index (κ3) is 3.90. The average molecular weight is 446 g/mol. The number of hydrogen-bond donors (Lipinski definition) is 1. The van der Waals surface area contributed by atoms with Crippen LogP contribution < -0.4 is 10.3 Å². The highest BCUT2D eigenvalue weighted by molar-refractivity contribution is 7.92. The Morgan fingerprint density at radius 1 is 1.07 bits per heavy atom. The summed E-state index contributed by atoms with van der Waals surface area (Å²) in [5.74, 6) is 0. The van der Waals surface area contributed by atoms with Gasteiger partial charge >= 0.3 is 6.18 Å². The molecule has 0 atom stereocenters. The van der Waals surface area contributed by atoms with E-state index in [4.69, 9.17) is 11.6 Å². The van der Waals surface area contributed by atoms with Crippen molar-refractivity contribution in [3.8, 4) is 5.69 Å². The molecule has 0 saturated carbocycles. The zero-order valence-electron chi connectivity index (χ0n) is 15.2. The van der Waals surface area contributed by atoms with Crippen molar-refractivity contribution in [2.45, 2.75) is 18.0 Å². The van der Waals surface area contributed by atoms with Crippen molar-refractivity contribution in [1.29, 1.82) is 0 Å². The summed E-state index contributed by atoms with van der Waals surface area (Å²) in [5.41, 5.74) is -1.79. The molecule has 6 nitrogen and oxygen atoms in total. The maximum atomic E-state index is 13.3. The fraction of sp³-hybridized carbons (Fsp3) is 0.167. The molecule has 1 heterocycles. The Hall–Kier alpha value is -2.72. The lowest BCUT2D eigenvalue weighted by Crippen LogP contribution is -2.24. The van der Waals surface area contributed by atoms with Crippen LogP contribution in [0.2, 0.25) is 5.02 Å². The Kier molecular flexibility index (Phi) is 5.26. The first-order valence-electron chi connectivity index (χ1n) is 8.17. The molecule has 2 aromatic carbocycles. The van der Waals surface area contributed by atoms with Crippen molar-refractivity contribution in [1.82, 2.24) is 9.36 Å². The number of nitrogens with one attached hydrogen (secondary N) is 1. The molecule has 154 valence electrons. The van der Waals surface area contributed by atoms with Crippen molar-refractivity contribution < 1.29 is 21.6 Å². The minimum atomic E-state index is -4.95. The van der Waals surface area contributed by atoms with Crippen LogP contribution in [0, 0.1) is 6.92 Å². The monoisotopic (exact) mass is 445 g/mol. The smallest absolute Gasteiger partial charge is 0.283 e. The standard InChI is InChI=1S/C18H15ClF3N3O3S/c1-11-16(17(26)25(24(11)2)13-6-4-3-5-7-13)23-29(27,28)15-9-8-12(19)10-14(15)18(20,21)22/h3-10,23H,1-2H3.